The van der Waals surface area contributed by atoms with Crippen LogP contribution in [-0.2, 0) is 22.5 Å². The second-order valence-electron chi connectivity index (χ2n) is 7.23. The van der Waals surface area contributed by atoms with Crippen molar-refractivity contribution in [3.8, 4) is 0 Å². The lowest BCUT2D eigenvalue weighted by Gasteiger charge is -2.33. The minimum atomic E-state index is -0.521. The number of carbonyl (C=O) groups is 1. The van der Waals surface area contributed by atoms with Crippen LogP contribution in [0.1, 0.15) is 22.8 Å². The molecule has 2 aromatic rings. The van der Waals surface area contributed by atoms with Gasteiger partial charge >= 0.3 is 0 Å². The Morgan fingerprint density at radius 3 is 2.78 bits per heavy atom. The summed E-state index contributed by atoms with van der Waals surface area (Å²) in [6.07, 6.45) is 2.19. The van der Waals surface area contributed by atoms with Crippen molar-refractivity contribution in [2.45, 2.75) is 19.1 Å². The van der Waals surface area contributed by atoms with Crippen molar-refractivity contribution in [3.05, 3.63) is 59.3 Å². The first-order valence-corrected chi connectivity index (χ1v) is 9.56. The molecule has 1 N–H and O–H groups in total. The maximum absolute atomic E-state index is 12.6. The van der Waals surface area contributed by atoms with E-state index in [-0.39, 0.29) is 5.91 Å². The quantitative estimate of drug-likeness (QED) is 0.894. The first-order chi connectivity index (χ1) is 13.2. The van der Waals surface area contributed by atoms with Gasteiger partial charge in [-0.25, -0.2) is 4.98 Å². The zero-order valence-electron chi connectivity index (χ0n) is 15.7. The fourth-order valence-electron chi connectivity index (χ4n) is 3.64. The number of hydrogen-bond acceptors (Lipinski definition) is 5. The van der Waals surface area contributed by atoms with Gasteiger partial charge in [-0.2, -0.15) is 0 Å². The van der Waals surface area contributed by atoms with Gasteiger partial charge in [0, 0.05) is 38.9 Å². The van der Waals surface area contributed by atoms with Crippen molar-refractivity contribution < 1.29 is 9.53 Å². The summed E-state index contributed by atoms with van der Waals surface area (Å²) in [5.74, 6) is 0.910. The van der Waals surface area contributed by atoms with Gasteiger partial charge in [0.2, 0.25) is 0 Å². The van der Waals surface area contributed by atoms with E-state index in [2.05, 4.69) is 33.2 Å². The lowest BCUT2D eigenvalue weighted by atomic mass is 9.97. The summed E-state index contributed by atoms with van der Waals surface area (Å²) in [6.45, 7) is 5.15. The smallest absolute Gasteiger partial charge is 0.254 e. The van der Waals surface area contributed by atoms with Crippen LogP contribution in [-0.4, -0.2) is 55.6 Å². The normalized spacial score (nSPS) is 20.2. The summed E-state index contributed by atoms with van der Waals surface area (Å²) in [6, 6.07) is 12.1. The molecule has 2 aliphatic heterocycles. The van der Waals surface area contributed by atoms with E-state index in [1.54, 1.807) is 0 Å². The first kappa shape index (κ1) is 17.9. The van der Waals surface area contributed by atoms with Crippen molar-refractivity contribution in [1.82, 2.24) is 15.2 Å². The van der Waals surface area contributed by atoms with E-state index in [9.17, 15) is 4.79 Å². The lowest BCUT2D eigenvalue weighted by Crippen LogP contribution is -2.44. The summed E-state index contributed by atoms with van der Waals surface area (Å²) >= 11 is 0. The second-order valence-corrected chi connectivity index (χ2v) is 7.23. The van der Waals surface area contributed by atoms with Crippen LogP contribution in [0, 0.1) is 0 Å². The third-order valence-electron chi connectivity index (χ3n) is 5.33. The van der Waals surface area contributed by atoms with Crippen LogP contribution in [0.4, 0.5) is 5.82 Å². The zero-order valence-corrected chi connectivity index (χ0v) is 15.7. The molecule has 0 radical (unpaired) electrons. The van der Waals surface area contributed by atoms with Gasteiger partial charge in [-0.1, -0.05) is 30.3 Å². The molecule has 142 valence electrons. The van der Waals surface area contributed by atoms with Crippen LogP contribution < -0.4 is 10.2 Å². The molecule has 3 heterocycles. The Morgan fingerprint density at radius 1 is 1.19 bits per heavy atom. The maximum atomic E-state index is 12.6. The number of fused-ring (bicyclic) bond motifs is 1. The highest BCUT2D eigenvalue weighted by molar-refractivity contribution is 5.82. The largest absolute Gasteiger partial charge is 0.363 e. The minimum Gasteiger partial charge on any atom is -0.363 e. The van der Waals surface area contributed by atoms with Gasteiger partial charge in [-0.3, -0.25) is 4.79 Å². The standard InChI is InChI=1S/C21H26N4O2/c1-24-9-11-25(12-10-24)19-7-6-16(14-22-19)15-23-21(26)20-18-5-3-2-4-17(18)8-13-27-20/h2-7,14,20H,8-13,15H2,1H3,(H,23,26). The molecule has 2 aliphatic rings. The Kier molecular flexibility index (Phi) is 5.36. The molecule has 0 saturated carbocycles. The first-order valence-electron chi connectivity index (χ1n) is 9.56. The topological polar surface area (TPSA) is 57.7 Å². The summed E-state index contributed by atoms with van der Waals surface area (Å²) in [5, 5.41) is 2.99. The average Bonchev–Trinajstić information content (AvgIpc) is 2.72. The Hall–Kier alpha value is -2.44. The minimum absolute atomic E-state index is 0.0923. The van der Waals surface area contributed by atoms with E-state index >= 15 is 0 Å². The van der Waals surface area contributed by atoms with Crippen molar-refractivity contribution in [1.29, 1.82) is 0 Å². The van der Waals surface area contributed by atoms with Gasteiger partial charge in [-0.05, 0) is 36.2 Å². The summed E-state index contributed by atoms with van der Waals surface area (Å²) in [4.78, 5) is 21.8. The van der Waals surface area contributed by atoms with Crippen LogP contribution in [0.5, 0.6) is 0 Å². The number of benzene rings is 1. The molecule has 1 atom stereocenters. The Morgan fingerprint density at radius 2 is 2.00 bits per heavy atom. The summed E-state index contributed by atoms with van der Waals surface area (Å²) < 4.78 is 5.72. The number of carbonyl (C=O) groups excluding carboxylic acids is 1. The number of hydrogen-bond donors (Lipinski definition) is 1. The van der Waals surface area contributed by atoms with Gasteiger partial charge in [0.1, 0.15) is 5.82 Å². The Balaban J connectivity index is 1.34. The van der Waals surface area contributed by atoms with Gasteiger partial charge in [0.05, 0.1) is 6.61 Å². The van der Waals surface area contributed by atoms with E-state index in [1.807, 2.05) is 36.5 Å². The molecule has 6 nitrogen and oxygen atoms in total. The number of ether oxygens (including phenoxy) is 1. The van der Waals surface area contributed by atoms with E-state index in [4.69, 9.17) is 4.74 Å². The van der Waals surface area contributed by atoms with Crippen LogP contribution in [0.15, 0.2) is 42.6 Å². The molecule has 1 fully saturated rings. The second kappa shape index (κ2) is 8.06. The number of aromatic nitrogens is 1. The van der Waals surface area contributed by atoms with E-state index in [0.29, 0.717) is 13.2 Å². The van der Waals surface area contributed by atoms with E-state index < -0.39 is 6.10 Å². The molecule has 1 amide bonds. The molecule has 27 heavy (non-hydrogen) atoms. The molecule has 4 rings (SSSR count). The van der Waals surface area contributed by atoms with Crippen molar-refractivity contribution in [2.24, 2.45) is 0 Å². The fraction of sp³-hybridized carbons (Fsp3) is 0.429. The van der Waals surface area contributed by atoms with Crippen LogP contribution in [0.25, 0.3) is 0 Å². The zero-order chi connectivity index (χ0) is 18.6. The van der Waals surface area contributed by atoms with Crippen LogP contribution >= 0.6 is 0 Å². The number of likely N-dealkylation sites (N-methyl/N-ethyl adjacent to an activating group) is 1. The number of rotatable bonds is 4. The molecule has 1 aromatic heterocycles. The molecule has 0 bridgehead atoms. The molecular weight excluding hydrogens is 340 g/mol. The molecular formula is C21H26N4O2. The van der Waals surface area contributed by atoms with Crippen molar-refractivity contribution >= 4 is 11.7 Å². The van der Waals surface area contributed by atoms with Gasteiger partial charge in [-0.15, -0.1) is 0 Å². The van der Waals surface area contributed by atoms with E-state index in [0.717, 1.165) is 49.5 Å². The highest BCUT2D eigenvalue weighted by atomic mass is 16.5. The molecule has 1 saturated heterocycles. The highest BCUT2D eigenvalue weighted by Crippen LogP contribution is 2.27. The Labute approximate surface area is 160 Å². The van der Waals surface area contributed by atoms with Crippen molar-refractivity contribution in [2.75, 3.05) is 44.7 Å². The van der Waals surface area contributed by atoms with Crippen LogP contribution in [0.2, 0.25) is 0 Å². The third kappa shape index (κ3) is 4.12. The molecule has 6 heteroatoms. The molecule has 1 unspecified atom stereocenters. The number of nitrogens with one attached hydrogen (secondary N) is 1. The molecule has 1 aromatic carbocycles. The summed E-state index contributed by atoms with van der Waals surface area (Å²) in [7, 11) is 2.14. The monoisotopic (exact) mass is 366 g/mol. The Bertz CT molecular complexity index is 785. The molecule has 0 spiro atoms. The SMILES string of the molecule is CN1CCN(c2ccc(CNC(=O)C3OCCc4ccccc43)cn2)CC1. The predicted molar refractivity (Wildman–Crippen MR) is 105 cm³/mol. The predicted octanol–water partition coefficient (Wildman–Crippen LogP) is 1.76. The number of piperazine rings is 1. The number of pyridine rings is 1. The third-order valence-corrected chi connectivity index (χ3v) is 5.33. The van der Waals surface area contributed by atoms with Gasteiger partial charge < -0.3 is 19.9 Å². The highest BCUT2D eigenvalue weighted by Gasteiger charge is 2.26. The summed E-state index contributed by atoms with van der Waals surface area (Å²) in [5.41, 5.74) is 3.16. The van der Waals surface area contributed by atoms with Crippen molar-refractivity contribution in [3.63, 3.8) is 0 Å². The number of anilines is 1. The molecule has 0 aliphatic carbocycles. The van der Waals surface area contributed by atoms with E-state index in [1.165, 1.54) is 5.56 Å². The van der Waals surface area contributed by atoms with Gasteiger partial charge in [0.25, 0.3) is 5.91 Å². The lowest BCUT2D eigenvalue weighted by molar-refractivity contribution is -0.134. The number of amides is 1. The maximum Gasteiger partial charge on any atom is 0.254 e. The van der Waals surface area contributed by atoms with Gasteiger partial charge in [0.15, 0.2) is 6.10 Å². The number of nitrogens with zero attached hydrogens (tertiary/aromatic N) is 3. The average molecular weight is 366 g/mol. The van der Waals surface area contributed by atoms with Crippen LogP contribution in [0.3, 0.4) is 0 Å². The fourth-order valence-corrected chi connectivity index (χ4v) is 3.64.